The Kier molecular flexibility index (Phi) is 8.77. The average molecular weight is 542 g/mol. The quantitative estimate of drug-likeness (QED) is 0.192. The summed E-state index contributed by atoms with van der Waals surface area (Å²) in [5, 5.41) is 6.76. The van der Waals surface area contributed by atoms with Gasteiger partial charge in [-0.1, -0.05) is 53.2 Å². The molecule has 0 aliphatic rings. The van der Waals surface area contributed by atoms with Gasteiger partial charge >= 0.3 is 6.03 Å². The summed E-state index contributed by atoms with van der Waals surface area (Å²) in [5.74, 6) is 0.897. The minimum atomic E-state index is -0.500. The monoisotopic (exact) mass is 541 g/mol. The Morgan fingerprint density at radius 1 is 1.00 bits per heavy atom. The Bertz CT molecular complexity index is 1560. The van der Waals surface area contributed by atoms with Crippen LogP contribution in [0.3, 0.4) is 0 Å². The number of methoxy groups -OCH3 is 1. The van der Waals surface area contributed by atoms with Crippen LogP contribution in [-0.4, -0.2) is 22.7 Å². The molecule has 0 saturated carbocycles. The molecule has 4 aromatic rings. The zero-order chi connectivity index (χ0) is 29.0. The minimum Gasteiger partial charge on any atom is -0.497 e. The first-order chi connectivity index (χ1) is 19.2. The van der Waals surface area contributed by atoms with Gasteiger partial charge in [-0.3, -0.25) is 9.36 Å². The van der Waals surface area contributed by atoms with Crippen LogP contribution in [-0.2, 0) is 6.54 Å². The number of rotatable bonds is 9. The Labute approximate surface area is 235 Å². The number of urea groups is 1. The standard InChI is InChI=1S/C32H39N5O3/c1-7-8-15-37-30-24(13-10-14-34-30)27(21-11-9-12-23(16-21)40-6)29(31(37)38)36-32(39)35-28-25(19(2)3)17-22(33)18-26(28)20(4)5/h9-14,16-20H,7-8,15,33H2,1-6H3,(H2,35,36,39). The van der Waals surface area contributed by atoms with Gasteiger partial charge in [0.2, 0.25) is 0 Å². The lowest BCUT2D eigenvalue weighted by atomic mass is 9.92. The van der Waals surface area contributed by atoms with Crippen molar-refractivity contribution in [2.45, 2.75) is 65.8 Å². The summed E-state index contributed by atoms with van der Waals surface area (Å²) in [7, 11) is 1.60. The van der Waals surface area contributed by atoms with Crippen LogP contribution < -0.4 is 26.7 Å². The normalized spacial score (nSPS) is 11.3. The van der Waals surface area contributed by atoms with Gasteiger partial charge in [-0.2, -0.15) is 0 Å². The van der Waals surface area contributed by atoms with E-state index < -0.39 is 6.03 Å². The smallest absolute Gasteiger partial charge is 0.323 e. The number of hydrogen-bond donors (Lipinski definition) is 3. The molecule has 8 nitrogen and oxygen atoms in total. The highest BCUT2D eigenvalue weighted by Crippen LogP contribution is 2.37. The third-order valence-electron chi connectivity index (χ3n) is 7.06. The van der Waals surface area contributed by atoms with Gasteiger partial charge in [-0.05, 0) is 71.3 Å². The number of ether oxygens (including phenoxy) is 1. The van der Waals surface area contributed by atoms with Crippen molar-refractivity contribution in [3.8, 4) is 16.9 Å². The predicted molar refractivity (Wildman–Crippen MR) is 165 cm³/mol. The number of aryl methyl sites for hydroxylation is 1. The van der Waals surface area contributed by atoms with E-state index in [0.29, 0.717) is 34.9 Å². The molecule has 0 radical (unpaired) electrons. The van der Waals surface area contributed by atoms with Crippen LogP contribution in [0.4, 0.5) is 21.9 Å². The van der Waals surface area contributed by atoms with Gasteiger partial charge < -0.3 is 21.1 Å². The fourth-order valence-electron chi connectivity index (χ4n) is 5.02. The summed E-state index contributed by atoms with van der Waals surface area (Å²) in [6.07, 6.45) is 3.40. The molecule has 2 aromatic heterocycles. The van der Waals surface area contributed by atoms with Crippen LogP contribution in [0.1, 0.15) is 70.4 Å². The Balaban J connectivity index is 1.90. The molecule has 0 aliphatic carbocycles. The van der Waals surface area contributed by atoms with Crippen LogP contribution in [0, 0.1) is 0 Å². The molecule has 2 aromatic carbocycles. The van der Waals surface area contributed by atoms with Crippen molar-refractivity contribution in [2.24, 2.45) is 0 Å². The molecule has 4 rings (SSSR count). The molecule has 210 valence electrons. The molecule has 0 saturated heterocycles. The van der Waals surface area contributed by atoms with E-state index in [2.05, 4.69) is 50.2 Å². The van der Waals surface area contributed by atoms with Crippen LogP contribution in [0.25, 0.3) is 22.2 Å². The SMILES string of the molecule is CCCCn1c(=O)c(NC(=O)Nc2c(C(C)C)cc(N)cc2C(C)C)c(-c2cccc(OC)c2)c2cccnc21. The highest BCUT2D eigenvalue weighted by molar-refractivity contribution is 6.08. The van der Waals surface area contributed by atoms with Crippen molar-refractivity contribution >= 4 is 34.1 Å². The molecule has 0 fully saturated rings. The first kappa shape index (κ1) is 28.7. The summed E-state index contributed by atoms with van der Waals surface area (Å²) < 4.78 is 7.12. The van der Waals surface area contributed by atoms with Crippen molar-refractivity contribution in [1.82, 2.24) is 9.55 Å². The number of nitrogens with zero attached hydrogens (tertiary/aromatic N) is 2. The van der Waals surface area contributed by atoms with Gasteiger partial charge in [-0.15, -0.1) is 0 Å². The number of nitrogens with two attached hydrogens (primary N) is 1. The maximum atomic E-state index is 14.1. The molecule has 0 atom stereocenters. The number of fused-ring (bicyclic) bond motifs is 1. The third-order valence-corrected chi connectivity index (χ3v) is 7.06. The number of aromatic nitrogens is 2. The topological polar surface area (TPSA) is 111 Å². The Morgan fingerprint density at radius 3 is 2.30 bits per heavy atom. The highest BCUT2D eigenvalue weighted by atomic mass is 16.5. The largest absolute Gasteiger partial charge is 0.497 e. The summed E-state index contributed by atoms with van der Waals surface area (Å²) in [6.45, 7) is 10.8. The van der Waals surface area contributed by atoms with Crippen LogP contribution in [0.2, 0.25) is 0 Å². The Hall–Kier alpha value is -4.33. The summed E-state index contributed by atoms with van der Waals surface area (Å²) in [6, 6.07) is 14.5. The van der Waals surface area contributed by atoms with E-state index in [4.69, 9.17) is 10.5 Å². The lowest BCUT2D eigenvalue weighted by Gasteiger charge is -2.22. The fourth-order valence-corrected chi connectivity index (χ4v) is 5.02. The first-order valence-electron chi connectivity index (χ1n) is 13.8. The van der Waals surface area contributed by atoms with Gasteiger partial charge in [0.05, 0.1) is 7.11 Å². The molecule has 0 bridgehead atoms. The third kappa shape index (κ3) is 5.81. The molecular formula is C32H39N5O3. The molecule has 4 N–H and O–H groups in total. The molecule has 0 aliphatic heterocycles. The zero-order valence-corrected chi connectivity index (χ0v) is 24.2. The predicted octanol–water partition coefficient (Wildman–Crippen LogP) is 7.35. The molecular weight excluding hydrogens is 502 g/mol. The number of benzene rings is 2. The van der Waals surface area contributed by atoms with Crippen molar-refractivity contribution < 1.29 is 9.53 Å². The van der Waals surface area contributed by atoms with Gasteiger partial charge in [0, 0.05) is 35.1 Å². The second-order valence-electron chi connectivity index (χ2n) is 10.6. The van der Waals surface area contributed by atoms with E-state index in [1.54, 1.807) is 17.9 Å². The molecule has 40 heavy (non-hydrogen) atoms. The number of anilines is 3. The maximum Gasteiger partial charge on any atom is 0.323 e. The minimum absolute atomic E-state index is 0.127. The molecule has 0 unspecified atom stereocenters. The second-order valence-corrected chi connectivity index (χ2v) is 10.6. The number of hydrogen-bond acceptors (Lipinski definition) is 5. The maximum absolute atomic E-state index is 14.1. The number of pyridine rings is 2. The van der Waals surface area contributed by atoms with Crippen molar-refractivity contribution in [1.29, 1.82) is 0 Å². The number of nitrogen functional groups attached to an aromatic ring is 1. The van der Waals surface area contributed by atoms with E-state index in [1.807, 2.05) is 48.5 Å². The summed E-state index contributed by atoms with van der Waals surface area (Å²) in [5.41, 5.74) is 11.3. The Morgan fingerprint density at radius 2 is 1.68 bits per heavy atom. The fraction of sp³-hybridized carbons (Fsp3) is 0.344. The lowest BCUT2D eigenvalue weighted by molar-refractivity contribution is 0.262. The number of carbonyl (C=O) groups is 1. The van der Waals surface area contributed by atoms with Crippen molar-refractivity contribution in [3.05, 3.63) is 76.2 Å². The van der Waals surface area contributed by atoms with E-state index in [9.17, 15) is 9.59 Å². The highest BCUT2D eigenvalue weighted by Gasteiger charge is 2.23. The molecule has 0 spiro atoms. The zero-order valence-electron chi connectivity index (χ0n) is 24.2. The summed E-state index contributed by atoms with van der Waals surface area (Å²) >= 11 is 0. The second kappa shape index (κ2) is 12.2. The molecule has 2 heterocycles. The van der Waals surface area contributed by atoms with E-state index in [0.717, 1.165) is 34.9 Å². The van der Waals surface area contributed by atoms with Crippen molar-refractivity contribution in [3.63, 3.8) is 0 Å². The van der Waals surface area contributed by atoms with Gasteiger partial charge in [0.1, 0.15) is 17.1 Å². The number of carbonyl (C=O) groups excluding carboxylic acids is 1. The van der Waals surface area contributed by atoms with Crippen LogP contribution in [0.15, 0.2) is 59.5 Å². The van der Waals surface area contributed by atoms with E-state index in [1.165, 1.54) is 0 Å². The molecule has 2 amide bonds. The number of nitrogens with one attached hydrogen (secondary N) is 2. The van der Waals surface area contributed by atoms with Gasteiger partial charge in [0.25, 0.3) is 5.56 Å². The van der Waals surface area contributed by atoms with Crippen molar-refractivity contribution in [2.75, 3.05) is 23.5 Å². The van der Waals surface area contributed by atoms with Crippen LogP contribution >= 0.6 is 0 Å². The van der Waals surface area contributed by atoms with Gasteiger partial charge in [-0.25, -0.2) is 9.78 Å². The lowest BCUT2D eigenvalue weighted by Crippen LogP contribution is -2.30. The molecule has 8 heteroatoms. The van der Waals surface area contributed by atoms with E-state index >= 15 is 0 Å². The summed E-state index contributed by atoms with van der Waals surface area (Å²) in [4.78, 5) is 32.3. The first-order valence-corrected chi connectivity index (χ1v) is 13.8. The average Bonchev–Trinajstić information content (AvgIpc) is 2.93. The number of unbranched alkanes of at least 4 members (excludes halogenated alkanes) is 1. The number of amides is 2. The van der Waals surface area contributed by atoms with E-state index in [-0.39, 0.29) is 23.1 Å². The van der Waals surface area contributed by atoms with Gasteiger partial charge in [0.15, 0.2) is 0 Å². The van der Waals surface area contributed by atoms with Crippen LogP contribution in [0.5, 0.6) is 5.75 Å².